The summed E-state index contributed by atoms with van der Waals surface area (Å²) in [5.74, 6) is 0. The van der Waals surface area contributed by atoms with E-state index in [2.05, 4.69) is 17.3 Å². The first-order valence-electron chi connectivity index (χ1n) is 6.43. The summed E-state index contributed by atoms with van der Waals surface area (Å²) in [6, 6.07) is 7.39. The van der Waals surface area contributed by atoms with Crippen LogP contribution in [0.3, 0.4) is 0 Å². The summed E-state index contributed by atoms with van der Waals surface area (Å²) in [5.41, 5.74) is 0.945. The Bertz CT molecular complexity index is 545. The van der Waals surface area contributed by atoms with Crippen molar-refractivity contribution in [3.8, 4) is 0 Å². The summed E-state index contributed by atoms with van der Waals surface area (Å²) in [4.78, 5) is 2.45. The standard InChI is InChI=1S/C13H21N3O2S/c1-10(15-12-6-7-16(2)9-12)11-4-3-5-13(8-11)19(14,17)18/h3-5,8,10,12,15H,6-7,9H2,1-2H3,(H2,14,17,18). The van der Waals surface area contributed by atoms with E-state index in [4.69, 9.17) is 5.14 Å². The van der Waals surface area contributed by atoms with Crippen molar-refractivity contribution in [2.75, 3.05) is 20.1 Å². The fourth-order valence-electron chi connectivity index (χ4n) is 2.48. The maximum absolute atomic E-state index is 11.3. The van der Waals surface area contributed by atoms with E-state index in [0.29, 0.717) is 6.04 Å². The molecule has 106 valence electrons. The zero-order chi connectivity index (χ0) is 14.0. The molecule has 0 amide bonds. The summed E-state index contributed by atoms with van der Waals surface area (Å²) in [6.07, 6.45) is 1.12. The molecule has 1 aromatic carbocycles. The third kappa shape index (κ3) is 3.76. The van der Waals surface area contributed by atoms with Crippen molar-refractivity contribution in [3.63, 3.8) is 0 Å². The largest absolute Gasteiger partial charge is 0.306 e. The fourth-order valence-corrected chi connectivity index (χ4v) is 3.05. The highest BCUT2D eigenvalue weighted by Gasteiger charge is 2.21. The van der Waals surface area contributed by atoms with E-state index in [-0.39, 0.29) is 10.9 Å². The van der Waals surface area contributed by atoms with E-state index in [1.165, 1.54) is 6.07 Å². The first-order chi connectivity index (χ1) is 8.86. The van der Waals surface area contributed by atoms with Gasteiger partial charge in [0.25, 0.3) is 0 Å². The molecule has 5 nitrogen and oxygen atoms in total. The van der Waals surface area contributed by atoms with E-state index in [1.807, 2.05) is 13.0 Å². The summed E-state index contributed by atoms with van der Waals surface area (Å²) in [6.45, 7) is 4.17. The molecule has 1 aromatic rings. The van der Waals surface area contributed by atoms with E-state index >= 15 is 0 Å². The SMILES string of the molecule is CC(NC1CCN(C)C1)c1cccc(S(N)(=O)=O)c1. The van der Waals surface area contributed by atoms with Crippen LogP contribution in [0.2, 0.25) is 0 Å². The van der Waals surface area contributed by atoms with Crippen LogP contribution in [0.4, 0.5) is 0 Å². The van der Waals surface area contributed by atoms with Crippen LogP contribution in [0.1, 0.15) is 24.9 Å². The molecular formula is C13H21N3O2S. The van der Waals surface area contributed by atoms with Gasteiger partial charge >= 0.3 is 0 Å². The summed E-state index contributed by atoms with van der Waals surface area (Å²) in [5, 5.41) is 8.68. The Morgan fingerprint density at radius 1 is 1.47 bits per heavy atom. The van der Waals surface area contributed by atoms with Gasteiger partial charge in [-0.05, 0) is 44.6 Å². The van der Waals surface area contributed by atoms with Crippen LogP contribution in [0, 0.1) is 0 Å². The van der Waals surface area contributed by atoms with Gasteiger partial charge in [0.15, 0.2) is 0 Å². The minimum Gasteiger partial charge on any atom is -0.306 e. The van der Waals surface area contributed by atoms with Gasteiger partial charge in [-0.2, -0.15) is 0 Å². The Labute approximate surface area is 114 Å². The lowest BCUT2D eigenvalue weighted by Crippen LogP contribution is -2.33. The number of primary sulfonamides is 1. The minimum atomic E-state index is -3.63. The van der Waals surface area contributed by atoms with Crippen LogP contribution in [-0.2, 0) is 10.0 Å². The smallest absolute Gasteiger partial charge is 0.238 e. The zero-order valence-electron chi connectivity index (χ0n) is 11.3. The Kier molecular flexibility index (Phi) is 4.25. The number of nitrogens with one attached hydrogen (secondary N) is 1. The quantitative estimate of drug-likeness (QED) is 0.852. The van der Waals surface area contributed by atoms with Crippen molar-refractivity contribution in [2.24, 2.45) is 5.14 Å². The lowest BCUT2D eigenvalue weighted by Gasteiger charge is -2.20. The highest BCUT2D eigenvalue weighted by Crippen LogP contribution is 2.19. The summed E-state index contributed by atoms with van der Waals surface area (Å²) in [7, 11) is -1.53. The van der Waals surface area contributed by atoms with Crippen molar-refractivity contribution < 1.29 is 8.42 Å². The molecule has 2 unspecified atom stereocenters. The highest BCUT2D eigenvalue weighted by atomic mass is 32.2. The molecule has 2 rings (SSSR count). The molecule has 3 N–H and O–H groups in total. The van der Waals surface area contributed by atoms with Crippen molar-refractivity contribution in [1.29, 1.82) is 0 Å². The highest BCUT2D eigenvalue weighted by molar-refractivity contribution is 7.89. The molecule has 0 saturated carbocycles. The molecule has 19 heavy (non-hydrogen) atoms. The molecule has 0 spiro atoms. The second-order valence-electron chi connectivity index (χ2n) is 5.25. The molecule has 1 heterocycles. The van der Waals surface area contributed by atoms with Gasteiger partial charge in [-0.25, -0.2) is 13.6 Å². The van der Waals surface area contributed by atoms with Crippen molar-refractivity contribution in [2.45, 2.75) is 30.3 Å². The predicted molar refractivity (Wildman–Crippen MR) is 75.3 cm³/mol. The van der Waals surface area contributed by atoms with E-state index in [1.54, 1.807) is 12.1 Å². The number of likely N-dealkylation sites (N-methyl/N-ethyl adjacent to an activating group) is 1. The number of benzene rings is 1. The van der Waals surface area contributed by atoms with Gasteiger partial charge in [-0.1, -0.05) is 12.1 Å². The maximum Gasteiger partial charge on any atom is 0.238 e. The number of hydrogen-bond donors (Lipinski definition) is 2. The Morgan fingerprint density at radius 2 is 2.21 bits per heavy atom. The third-order valence-electron chi connectivity index (χ3n) is 3.56. The van der Waals surface area contributed by atoms with Gasteiger partial charge in [0.1, 0.15) is 0 Å². The summed E-state index contributed by atoms with van der Waals surface area (Å²) < 4.78 is 22.7. The van der Waals surface area contributed by atoms with E-state index in [0.717, 1.165) is 25.1 Å². The van der Waals surface area contributed by atoms with Gasteiger partial charge < -0.3 is 10.2 Å². The Hall–Kier alpha value is -0.950. The average Bonchev–Trinajstić information content (AvgIpc) is 2.74. The van der Waals surface area contributed by atoms with Crippen LogP contribution in [0.25, 0.3) is 0 Å². The number of sulfonamides is 1. The van der Waals surface area contributed by atoms with Crippen molar-refractivity contribution >= 4 is 10.0 Å². The number of likely N-dealkylation sites (tertiary alicyclic amines) is 1. The van der Waals surface area contributed by atoms with Crippen LogP contribution in [-0.4, -0.2) is 39.5 Å². The molecule has 6 heteroatoms. The van der Waals surface area contributed by atoms with Gasteiger partial charge in [-0.15, -0.1) is 0 Å². The normalized spacial score (nSPS) is 22.6. The molecule has 1 saturated heterocycles. The minimum absolute atomic E-state index is 0.109. The van der Waals surface area contributed by atoms with Crippen molar-refractivity contribution in [3.05, 3.63) is 29.8 Å². The summed E-state index contributed by atoms with van der Waals surface area (Å²) >= 11 is 0. The van der Waals surface area contributed by atoms with Gasteiger partial charge in [0.2, 0.25) is 10.0 Å². The number of hydrogen-bond acceptors (Lipinski definition) is 4. The van der Waals surface area contributed by atoms with Crippen LogP contribution >= 0.6 is 0 Å². The molecular weight excluding hydrogens is 262 g/mol. The first-order valence-corrected chi connectivity index (χ1v) is 7.98. The maximum atomic E-state index is 11.3. The fraction of sp³-hybridized carbons (Fsp3) is 0.538. The lowest BCUT2D eigenvalue weighted by atomic mass is 10.1. The molecule has 1 aliphatic rings. The Morgan fingerprint density at radius 3 is 2.79 bits per heavy atom. The van der Waals surface area contributed by atoms with E-state index < -0.39 is 10.0 Å². The topological polar surface area (TPSA) is 75.4 Å². The van der Waals surface area contributed by atoms with E-state index in [9.17, 15) is 8.42 Å². The molecule has 1 aliphatic heterocycles. The molecule has 0 bridgehead atoms. The van der Waals surface area contributed by atoms with Crippen LogP contribution in [0.5, 0.6) is 0 Å². The van der Waals surface area contributed by atoms with Crippen LogP contribution < -0.4 is 10.5 Å². The number of nitrogens with two attached hydrogens (primary N) is 1. The predicted octanol–water partition coefficient (Wildman–Crippen LogP) is 0.689. The molecule has 0 aliphatic carbocycles. The molecule has 1 fully saturated rings. The second kappa shape index (κ2) is 5.58. The Balaban J connectivity index is 2.09. The lowest BCUT2D eigenvalue weighted by molar-refractivity contribution is 0.387. The molecule has 0 radical (unpaired) electrons. The van der Waals surface area contributed by atoms with Gasteiger partial charge in [0, 0.05) is 18.6 Å². The third-order valence-corrected chi connectivity index (χ3v) is 4.47. The number of nitrogens with zero attached hydrogens (tertiary/aromatic N) is 1. The zero-order valence-corrected chi connectivity index (χ0v) is 12.2. The van der Waals surface area contributed by atoms with Gasteiger partial charge in [-0.3, -0.25) is 0 Å². The molecule has 0 aromatic heterocycles. The average molecular weight is 283 g/mol. The van der Waals surface area contributed by atoms with Crippen molar-refractivity contribution in [1.82, 2.24) is 10.2 Å². The number of rotatable bonds is 4. The first kappa shape index (κ1) is 14.5. The second-order valence-corrected chi connectivity index (χ2v) is 6.82. The monoisotopic (exact) mass is 283 g/mol. The van der Waals surface area contributed by atoms with Crippen LogP contribution in [0.15, 0.2) is 29.2 Å². The molecule has 2 atom stereocenters. The van der Waals surface area contributed by atoms with Gasteiger partial charge in [0.05, 0.1) is 4.90 Å².